The minimum Gasteiger partial charge on any atom is -0.363 e. The maximum Gasteiger partial charge on any atom is 0.191 e. The Morgan fingerprint density at radius 2 is 1.76 bits per heavy atom. The standard InChI is InChI=1S/C18H24FN5.HI/c1-13-9-14(5-6-16(13)19)11-22-18(20-2)23-12-15-7-8-21-17(10-15)24(3)4;/h5-10H,11-12H2,1-4H3,(H2,20,22,23);1H. The number of aryl methyl sites for hydroxylation is 1. The van der Waals surface area contributed by atoms with Gasteiger partial charge in [0, 0.05) is 40.4 Å². The molecule has 0 saturated carbocycles. The average Bonchev–Trinajstić information content (AvgIpc) is 2.58. The van der Waals surface area contributed by atoms with E-state index in [9.17, 15) is 4.39 Å². The third kappa shape index (κ3) is 6.49. The zero-order valence-electron chi connectivity index (χ0n) is 15.0. The maximum atomic E-state index is 13.3. The number of nitrogens with one attached hydrogen (secondary N) is 2. The average molecular weight is 457 g/mol. The van der Waals surface area contributed by atoms with Gasteiger partial charge in [-0.15, -0.1) is 24.0 Å². The van der Waals surface area contributed by atoms with Gasteiger partial charge in [-0.3, -0.25) is 4.99 Å². The molecule has 2 aromatic rings. The van der Waals surface area contributed by atoms with Crippen LogP contribution in [0.25, 0.3) is 0 Å². The summed E-state index contributed by atoms with van der Waals surface area (Å²) in [5.41, 5.74) is 2.77. The van der Waals surface area contributed by atoms with Gasteiger partial charge in [0.05, 0.1) is 0 Å². The molecule has 1 aromatic heterocycles. The minimum absolute atomic E-state index is 0. The maximum absolute atomic E-state index is 13.3. The highest BCUT2D eigenvalue weighted by molar-refractivity contribution is 14.0. The number of aromatic nitrogens is 1. The van der Waals surface area contributed by atoms with Crippen molar-refractivity contribution in [3.8, 4) is 0 Å². The van der Waals surface area contributed by atoms with Crippen LogP contribution in [0.4, 0.5) is 10.2 Å². The van der Waals surface area contributed by atoms with Crippen molar-refractivity contribution in [3.05, 3.63) is 59.0 Å². The first-order chi connectivity index (χ1) is 11.5. The molecule has 0 spiro atoms. The summed E-state index contributed by atoms with van der Waals surface area (Å²) in [6.45, 7) is 2.99. The molecule has 0 saturated heterocycles. The van der Waals surface area contributed by atoms with E-state index in [1.165, 1.54) is 6.07 Å². The monoisotopic (exact) mass is 457 g/mol. The van der Waals surface area contributed by atoms with Gasteiger partial charge in [0.15, 0.2) is 5.96 Å². The lowest BCUT2D eigenvalue weighted by atomic mass is 10.1. The molecular formula is C18H25FIN5. The SMILES string of the molecule is CN=C(NCc1ccnc(N(C)C)c1)NCc1ccc(F)c(C)c1.I. The summed E-state index contributed by atoms with van der Waals surface area (Å²) in [5, 5.41) is 6.50. The highest BCUT2D eigenvalue weighted by Crippen LogP contribution is 2.10. The van der Waals surface area contributed by atoms with Gasteiger partial charge in [0.1, 0.15) is 11.6 Å². The van der Waals surface area contributed by atoms with E-state index in [1.807, 2.05) is 37.2 Å². The van der Waals surface area contributed by atoms with E-state index in [0.29, 0.717) is 24.6 Å². The van der Waals surface area contributed by atoms with Crippen molar-refractivity contribution in [2.75, 3.05) is 26.0 Å². The number of guanidine groups is 1. The number of anilines is 1. The van der Waals surface area contributed by atoms with Crippen LogP contribution in [0.1, 0.15) is 16.7 Å². The van der Waals surface area contributed by atoms with E-state index in [4.69, 9.17) is 0 Å². The smallest absolute Gasteiger partial charge is 0.191 e. The fourth-order valence-corrected chi connectivity index (χ4v) is 2.22. The van der Waals surface area contributed by atoms with E-state index in [1.54, 1.807) is 26.2 Å². The van der Waals surface area contributed by atoms with Crippen LogP contribution in [0.3, 0.4) is 0 Å². The number of pyridine rings is 1. The molecule has 0 aliphatic carbocycles. The van der Waals surface area contributed by atoms with Crippen LogP contribution in [-0.4, -0.2) is 32.1 Å². The van der Waals surface area contributed by atoms with Gasteiger partial charge in [-0.25, -0.2) is 9.37 Å². The van der Waals surface area contributed by atoms with E-state index < -0.39 is 0 Å². The molecule has 0 amide bonds. The topological polar surface area (TPSA) is 52.6 Å². The number of halogens is 2. The number of aliphatic imine (C=N–C) groups is 1. The predicted octanol–water partition coefficient (Wildman–Crippen LogP) is 3.08. The number of rotatable bonds is 5. The Morgan fingerprint density at radius 3 is 2.32 bits per heavy atom. The van der Waals surface area contributed by atoms with Crippen LogP contribution in [0.2, 0.25) is 0 Å². The molecule has 0 radical (unpaired) electrons. The first-order valence-electron chi connectivity index (χ1n) is 7.81. The van der Waals surface area contributed by atoms with Crippen molar-refractivity contribution in [1.82, 2.24) is 15.6 Å². The fraction of sp³-hybridized carbons (Fsp3) is 0.333. The lowest BCUT2D eigenvalue weighted by Crippen LogP contribution is -2.36. The molecule has 0 atom stereocenters. The second kappa shape index (κ2) is 10.2. The summed E-state index contributed by atoms with van der Waals surface area (Å²) < 4.78 is 13.3. The Kier molecular flexibility index (Phi) is 8.60. The second-order valence-corrected chi connectivity index (χ2v) is 5.78. The van der Waals surface area contributed by atoms with Gasteiger partial charge in [-0.05, 0) is 41.8 Å². The van der Waals surface area contributed by atoms with Gasteiger partial charge in [-0.1, -0.05) is 12.1 Å². The van der Waals surface area contributed by atoms with Crippen molar-refractivity contribution in [2.45, 2.75) is 20.0 Å². The fourth-order valence-electron chi connectivity index (χ4n) is 2.22. The second-order valence-electron chi connectivity index (χ2n) is 5.78. The molecule has 25 heavy (non-hydrogen) atoms. The van der Waals surface area contributed by atoms with Crippen LogP contribution in [-0.2, 0) is 13.1 Å². The summed E-state index contributed by atoms with van der Waals surface area (Å²) in [6, 6.07) is 9.10. The molecular weight excluding hydrogens is 432 g/mol. The predicted molar refractivity (Wildman–Crippen MR) is 112 cm³/mol. The summed E-state index contributed by atoms with van der Waals surface area (Å²) in [5.74, 6) is 1.43. The highest BCUT2D eigenvalue weighted by Gasteiger charge is 2.03. The molecule has 7 heteroatoms. The summed E-state index contributed by atoms with van der Waals surface area (Å²) in [4.78, 5) is 10.5. The Labute approximate surface area is 165 Å². The molecule has 0 aliphatic heterocycles. The van der Waals surface area contributed by atoms with Crippen molar-refractivity contribution < 1.29 is 4.39 Å². The number of hydrogen-bond donors (Lipinski definition) is 2. The Morgan fingerprint density at radius 1 is 1.12 bits per heavy atom. The van der Waals surface area contributed by atoms with Crippen LogP contribution >= 0.6 is 24.0 Å². The third-order valence-corrected chi connectivity index (χ3v) is 3.63. The summed E-state index contributed by atoms with van der Waals surface area (Å²) >= 11 is 0. The van der Waals surface area contributed by atoms with Gasteiger partial charge in [0.2, 0.25) is 0 Å². The quantitative estimate of drug-likeness (QED) is 0.412. The Balaban J connectivity index is 0.00000312. The van der Waals surface area contributed by atoms with Gasteiger partial charge < -0.3 is 15.5 Å². The van der Waals surface area contributed by atoms with Crippen molar-refractivity contribution in [1.29, 1.82) is 0 Å². The molecule has 0 fully saturated rings. The van der Waals surface area contributed by atoms with Crippen molar-refractivity contribution >= 4 is 35.8 Å². The van der Waals surface area contributed by atoms with Crippen molar-refractivity contribution in [3.63, 3.8) is 0 Å². The van der Waals surface area contributed by atoms with Crippen LogP contribution < -0.4 is 15.5 Å². The van der Waals surface area contributed by atoms with Crippen molar-refractivity contribution in [2.24, 2.45) is 4.99 Å². The largest absolute Gasteiger partial charge is 0.363 e. The molecule has 2 rings (SSSR count). The lowest BCUT2D eigenvalue weighted by Gasteiger charge is -2.14. The normalized spacial score (nSPS) is 10.8. The molecule has 5 nitrogen and oxygen atoms in total. The van der Waals surface area contributed by atoms with Gasteiger partial charge >= 0.3 is 0 Å². The minimum atomic E-state index is -0.185. The summed E-state index contributed by atoms with van der Waals surface area (Å²) in [7, 11) is 5.65. The molecule has 1 aromatic carbocycles. The van der Waals surface area contributed by atoms with Gasteiger partial charge in [-0.2, -0.15) is 0 Å². The van der Waals surface area contributed by atoms with E-state index in [0.717, 1.165) is 16.9 Å². The molecule has 1 heterocycles. The first-order valence-corrected chi connectivity index (χ1v) is 7.81. The number of nitrogens with zero attached hydrogens (tertiary/aromatic N) is 3. The molecule has 2 N–H and O–H groups in total. The Bertz CT molecular complexity index is 718. The lowest BCUT2D eigenvalue weighted by molar-refractivity contribution is 0.617. The van der Waals surface area contributed by atoms with E-state index in [-0.39, 0.29) is 29.8 Å². The zero-order valence-corrected chi connectivity index (χ0v) is 17.3. The Hall–Kier alpha value is -1.90. The van der Waals surface area contributed by atoms with Crippen LogP contribution in [0.15, 0.2) is 41.5 Å². The van der Waals surface area contributed by atoms with Crippen LogP contribution in [0, 0.1) is 12.7 Å². The molecule has 0 bridgehead atoms. The molecule has 0 unspecified atom stereocenters. The van der Waals surface area contributed by atoms with Gasteiger partial charge in [0.25, 0.3) is 0 Å². The summed E-state index contributed by atoms with van der Waals surface area (Å²) in [6.07, 6.45) is 1.80. The first kappa shape index (κ1) is 21.1. The third-order valence-electron chi connectivity index (χ3n) is 3.63. The number of hydrogen-bond acceptors (Lipinski definition) is 3. The highest BCUT2D eigenvalue weighted by atomic mass is 127. The zero-order chi connectivity index (χ0) is 17.5. The van der Waals surface area contributed by atoms with E-state index in [2.05, 4.69) is 20.6 Å². The number of benzene rings is 1. The van der Waals surface area contributed by atoms with E-state index >= 15 is 0 Å². The molecule has 136 valence electrons. The molecule has 0 aliphatic rings. The van der Waals surface area contributed by atoms with Crippen LogP contribution in [0.5, 0.6) is 0 Å².